The first-order valence-corrected chi connectivity index (χ1v) is 6.63. The van der Waals surface area contributed by atoms with Gasteiger partial charge in [-0.05, 0) is 12.1 Å². The van der Waals surface area contributed by atoms with E-state index in [1.165, 1.54) is 7.11 Å². The van der Waals surface area contributed by atoms with Crippen LogP contribution < -0.4 is 5.32 Å². The Kier molecular flexibility index (Phi) is 4.70. The van der Waals surface area contributed by atoms with Gasteiger partial charge >= 0.3 is 5.97 Å². The van der Waals surface area contributed by atoms with Crippen LogP contribution in [0.4, 0.5) is 11.4 Å². The van der Waals surface area contributed by atoms with Crippen molar-refractivity contribution in [1.29, 1.82) is 0 Å². The van der Waals surface area contributed by atoms with Gasteiger partial charge in [0.15, 0.2) is 10.8 Å². The van der Waals surface area contributed by atoms with Crippen LogP contribution in [0.5, 0.6) is 0 Å². The number of benzene rings is 1. The van der Waals surface area contributed by atoms with Crippen LogP contribution in [0.25, 0.3) is 0 Å². The number of nitrogens with zero attached hydrogens (tertiary/aromatic N) is 1. The number of anilines is 2. The third-order valence-corrected chi connectivity index (χ3v) is 3.57. The zero-order valence-corrected chi connectivity index (χ0v) is 12.6. The SMILES string of the molecule is COC(=O)c1nc(Cl)c(Cl)c(Nc2ccccc2)c1Cl. The maximum absolute atomic E-state index is 11.6. The molecule has 0 spiro atoms. The molecule has 1 aromatic carbocycles. The molecule has 0 atom stereocenters. The number of aromatic nitrogens is 1. The standard InChI is InChI=1S/C13H9Cl3N2O2/c1-20-13(19)11-8(14)10(9(15)12(16)18-11)17-7-5-3-2-4-6-7/h2-6H,1H3,(H,17,18). The van der Waals surface area contributed by atoms with Gasteiger partial charge in [0, 0.05) is 5.69 Å². The summed E-state index contributed by atoms with van der Waals surface area (Å²) in [5.41, 5.74) is 0.955. The first kappa shape index (κ1) is 14.9. The van der Waals surface area contributed by atoms with Crippen LogP contribution in [0.1, 0.15) is 10.5 Å². The van der Waals surface area contributed by atoms with Gasteiger partial charge in [0.2, 0.25) is 0 Å². The predicted octanol–water partition coefficient (Wildman–Crippen LogP) is 4.57. The summed E-state index contributed by atoms with van der Waals surface area (Å²) < 4.78 is 4.60. The Morgan fingerprint density at radius 2 is 1.80 bits per heavy atom. The molecule has 0 saturated carbocycles. The van der Waals surface area contributed by atoms with E-state index in [1.54, 1.807) is 0 Å². The fraction of sp³-hybridized carbons (Fsp3) is 0.0769. The molecular weight excluding hydrogens is 323 g/mol. The van der Waals surface area contributed by atoms with Crippen molar-refractivity contribution in [3.05, 3.63) is 51.2 Å². The Morgan fingerprint density at radius 3 is 2.40 bits per heavy atom. The lowest BCUT2D eigenvalue weighted by atomic mass is 10.2. The highest BCUT2D eigenvalue weighted by Gasteiger charge is 2.21. The van der Waals surface area contributed by atoms with Gasteiger partial charge in [-0.15, -0.1) is 0 Å². The summed E-state index contributed by atoms with van der Waals surface area (Å²) in [5.74, 6) is -0.690. The van der Waals surface area contributed by atoms with E-state index in [4.69, 9.17) is 34.8 Å². The molecule has 1 aromatic heterocycles. The zero-order chi connectivity index (χ0) is 14.7. The Labute approximate surface area is 130 Å². The summed E-state index contributed by atoms with van der Waals surface area (Å²) in [4.78, 5) is 15.4. The Balaban J connectivity index is 2.51. The van der Waals surface area contributed by atoms with Crippen molar-refractivity contribution in [3.8, 4) is 0 Å². The number of hydrogen-bond acceptors (Lipinski definition) is 4. The summed E-state index contributed by atoms with van der Waals surface area (Å²) >= 11 is 18.1. The average Bonchev–Trinajstić information content (AvgIpc) is 2.47. The lowest BCUT2D eigenvalue weighted by Gasteiger charge is -2.13. The lowest BCUT2D eigenvalue weighted by molar-refractivity contribution is 0.0594. The molecule has 0 radical (unpaired) electrons. The molecule has 0 aliphatic rings. The predicted molar refractivity (Wildman–Crippen MR) is 80.3 cm³/mol. The molecule has 2 aromatic rings. The largest absolute Gasteiger partial charge is 0.464 e. The van der Waals surface area contributed by atoms with E-state index in [0.29, 0.717) is 5.69 Å². The number of rotatable bonds is 3. The Morgan fingerprint density at radius 1 is 1.15 bits per heavy atom. The van der Waals surface area contributed by atoms with Crippen LogP contribution in [-0.4, -0.2) is 18.1 Å². The molecular formula is C13H9Cl3N2O2. The van der Waals surface area contributed by atoms with Crippen molar-refractivity contribution in [3.63, 3.8) is 0 Å². The van der Waals surface area contributed by atoms with E-state index in [1.807, 2.05) is 30.3 Å². The van der Waals surface area contributed by atoms with Crippen LogP contribution in [0.2, 0.25) is 15.2 Å². The van der Waals surface area contributed by atoms with Gasteiger partial charge in [0.05, 0.1) is 17.8 Å². The maximum Gasteiger partial charge on any atom is 0.358 e. The average molecular weight is 332 g/mol. The quantitative estimate of drug-likeness (QED) is 0.661. The van der Waals surface area contributed by atoms with Crippen molar-refractivity contribution in [2.75, 3.05) is 12.4 Å². The number of carbonyl (C=O) groups excluding carboxylic acids is 1. The Hall–Kier alpha value is -1.49. The number of pyridine rings is 1. The highest BCUT2D eigenvalue weighted by atomic mass is 35.5. The number of esters is 1. The third-order valence-electron chi connectivity index (χ3n) is 2.46. The summed E-state index contributed by atoms with van der Waals surface area (Å²) in [6.45, 7) is 0. The fourth-order valence-electron chi connectivity index (χ4n) is 1.52. The minimum absolute atomic E-state index is 0.0325. The molecule has 0 aliphatic heterocycles. The molecule has 1 N–H and O–H groups in total. The molecule has 104 valence electrons. The van der Waals surface area contributed by atoms with Gasteiger partial charge in [0.1, 0.15) is 5.02 Å². The van der Waals surface area contributed by atoms with Crippen LogP contribution in [-0.2, 0) is 4.74 Å². The molecule has 0 aliphatic carbocycles. The topological polar surface area (TPSA) is 51.2 Å². The van der Waals surface area contributed by atoms with Crippen molar-refractivity contribution in [2.24, 2.45) is 0 Å². The molecule has 0 bridgehead atoms. The van der Waals surface area contributed by atoms with E-state index >= 15 is 0 Å². The fourth-order valence-corrected chi connectivity index (χ4v) is 2.19. The van der Waals surface area contributed by atoms with Gasteiger partial charge in [-0.2, -0.15) is 0 Å². The summed E-state index contributed by atoms with van der Waals surface area (Å²) in [6.07, 6.45) is 0. The first-order valence-electron chi connectivity index (χ1n) is 5.49. The molecule has 4 nitrogen and oxygen atoms in total. The highest BCUT2D eigenvalue weighted by Crippen LogP contribution is 2.38. The normalized spacial score (nSPS) is 10.2. The number of carbonyl (C=O) groups is 1. The van der Waals surface area contributed by atoms with Crippen molar-refractivity contribution >= 4 is 52.1 Å². The molecule has 0 unspecified atom stereocenters. The lowest BCUT2D eigenvalue weighted by Crippen LogP contribution is -2.08. The second-order valence-corrected chi connectivity index (χ2v) is 4.85. The number of halogens is 3. The minimum atomic E-state index is -0.690. The molecule has 2 rings (SSSR count). The van der Waals surface area contributed by atoms with Gasteiger partial charge in [-0.25, -0.2) is 9.78 Å². The molecule has 0 fully saturated rings. The van der Waals surface area contributed by atoms with Crippen LogP contribution in [0.15, 0.2) is 30.3 Å². The summed E-state index contributed by atoms with van der Waals surface area (Å²) in [7, 11) is 1.23. The van der Waals surface area contributed by atoms with Crippen molar-refractivity contribution in [2.45, 2.75) is 0 Å². The van der Waals surface area contributed by atoms with Gasteiger partial charge in [0.25, 0.3) is 0 Å². The smallest absolute Gasteiger partial charge is 0.358 e. The molecule has 0 amide bonds. The number of hydrogen-bond donors (Lipinski definition) is 1. The van der Waals surface area contributed by atoms with Gasteiger partial charge in [-0.3, -0.25) is 0 Å². The zero-order valence-electron chi connectivity index (χ0n) is 10.3. The second-order valence-electron chi connectivity index (χ2n) is 3.74. The molecule has 0 saturated heterocycles. The second kappa shape index (κ2) is 6.31. The van der Waals surface area contributed by atoms with Crippen LogP contribution >= 0.6 is 34.8 Å². The maximum atomic E-state index is 11.6. The number of nitrogens with one attached hydrogen (secondary N) is 1. The summed E-state index contributed by atoms with van der Waals surface area (Å²) in [5, 5.41) is 3.16. The van der Waals surface area contributed by atoms with Crippen molar-refractivity contribution in [1.82, 2.24) is 4.98 Å². The van der Waals surface area contributed by atoms with Crippen molar-refractivity contribution < 1.29 is 9.53 Å². The van der Waals surface area contributed by atoms with Crippen LogP contribution in [0, 0.1) is 0 Å². The first-order chi connectivity index (χ1) is 9.54. The number of ether oxygens (including phenoxy) is 1. The Bertz CT molecular complexity index is 648. The van der Waals surface area contributed by atoms with E-state index in [-0.39, 0.29) is 20.9 Å². The van der Waals surface area contributed by atoms with E-state index in [9.17, 15) is 4.79 Å². The van der Waals surface area contributed by atoms with Gasteiger partial charge in [-0.1, -0.05) is 53.0 Å². The monoisotopic (exact) mass is 330 g/mol. The minimum Gasteiger partial charge on any atom is -0.464 e. The van der Waals surface area contributed by atoms with E-state index in [2.05, 4.69) is 15.0 Å². The van der Waals surface area contributed by atoms with E-state index in [0.717, 1.165) is 5.69 Å². The molecule has 1 heterocycles. The highest BCUT2D eigenvalue weighted by molar-refractivity contribution is 6.46. The third kappa shape index (κ3) is 2.98. The van der Waals surface area contributed by atoms with E-state index < -0.39 is 5.97 Å². The molecule has 20 heavy (non-hydrogen) atoms. The number of para-hydroxylation sites is 1. The number of methoxy groups -OCH3 is 1. The summed E-state index contributed by atoms with van der Waals surface area (Å²) in [6, 6.07) is 9.19. The van der Waals surface area contributed by atoms with Crippen LogP contribution in [0.3, 0.4) is 0 Å². The molecule has 7 heteroatoms. The van der Waals surface area contributed by atoms with Gasteiger partial charge < -0.3 is 10.1 Å².